The van der Waals surface area contributed by atoms with Gasteiger partial charge in [-0.05, 0) is 23.8 Å². The van der Waals surface area contributed by atoms with Gasteiger partial charge in [0.1, 0.15) is 5.75 Å². The van der Waals surface area contributed by atoms with Crippen molar-refractivity contribution in [1.29, 1.82) is 0 Å². The molecule has 2 nitrogen and oxygen atoms in total. The summed E-state index contributed by atoms with van der Waals surface area (Å²) in [4.78, 5) is 0. The second kappa shape index (κ2) is 7.94. The molecule has 0 heterocycles. The van der Waals surface area contributed by atoms with Gasteiger partial charge in [0.25, 0.3) is 0 Å². The van der Waals surface area contributed by atoms with Crippen molar-refractivity contribution in [2.75, 3.05) is 7.11 Å². The molecule has 0 bridgehead atoms. The zero-order valence-corrected chi connectivity index (χ0v) is 7.76. The Bertz CT molecular complexity index is 258. The van der Waals surface area contributed by atoms with E-state index in [0.29, 0.717) is 0 Å². The molecule has 0 radical (unpaired) electrons. The van der Waals surface area contributed by atoms with Crippen molar-refractivity contribution in [2.24, 2.45) is 0 Å². The van der Waals surface area contributed by atoms with Gasteiger partial charge in [0.15, 0.2) is 17.4 Å². The SMILES string of the molecule is COc1ccc(Br)c(CO)c1.[AlH3].[LiH]. The van der Waals surface area contributed by atoms with Crippen LogP contribution >= 0.6 is 15.9 Å². The molecule has 0 aliphatic heterocycles. The first-order valence-corrected chi connectivity index (χ1v) is 4.00. The Morgan fingerprint density at radius 1 is 1.46 bits per heavy atom. The number of halogens is 1. The van der Waals surface area contributed by atoms with Crippen molar-refractivity contribution in [2.45, 2.75) is 6.61 Å². The molecule has 0 aromatic heterocycles. The van der Waals surface area contributed by atoms with Gasteiger partial charge in [-0.15, -0.1) is 0 Å². The molecule has 1 rings (SSSR count). The van der Waals surface area contributed by atoms with Crippen molar-refractivity contribution < 1.29 is 9.84 Å². The zero-order valence-electron chi connectivity index (χ0n) is 6.17. The predicted octanol–water partition coefficient (Wildman–Crippen LogP) is 0.118. The summed E-state index contributed by atoms with van der Waals surface area (Å²) >= 11 is 3.30. The quantitative estimate of drug-likeness (QED) is 0.760. The first-order chi connectivity index (χ1) is 5.27. The van der Waals surface area contributed by atoms with E-state index in [9.17, 15) is 0 Å². The van der Waals surface area contributed by atoms with E-state index in [0.717, 1.165) is 15.8 Å². The Morgan fingerprint density at radius 2 is 2.08 bits per heavy atom. The van der Waals surface area contributed by atoms with E-state index < -0.39 is 0 Å². The minimum atomic E-state index is 0. The monoisotopic (exact) mass is 254 g/mol. The van der Waals surface area contributed by atoms with Crippen LogP contribution in [0.3, 0.4) is 0 Å². The van der Waals surface area contributed by atoms with Gasteiger partial charge in [-0.25, -0.2) is 0 Å². The van der Waals surface area contributed by atoms with Gasteiger partial charge < -0.3 is 9.84 Å². The average Bonchev–Trinajstić information content (AvgIpc) is 2.05. The van der Waals surface area contributed by atoms with Crippen molar-refractivity contribution in [3.8, 4) is 5.75 Å². The molecule has 0 aliphatic carbocycles. The van der Waals surface area contributed by atoms with Gasteiger partial charge in [-0.3, -0.25) is 0 Å². The topological polar surface area (TPSA) is 29.5 Å². The summed E-state index contributed by atoms with van der Waals surface area (Å²) in [6.07, 6.45) is 0. The van der Waals surface area contributed by atoms with Gasteiger partial charge in [-0.2, -0.15) is 0 Å². The summed E-state index contributed by atoms with van der Waals surface area (Å²) < 4.78 is 5.88. The van der Waals surface area contributed by atoms with Crippen LogP contribution in [-0.4, -0.2) is 48.4 Å². The normalized spacial score (nSPS) is 8.23. The van der Waals surface area contributed by atoms with Crippen LogP contribution in [0.5, 0.6) is 5.75 Å². The summed E-state index contributed by atoms with van der Waals surface area (Å²) in [5, 5.41) is 8.85. The molecule has 0 saturated heterocycles. The first-order valence-electron chi connectivity index (χ1n) is 3.21. The first kappa shape index (κ1) is 16.0. The third-order valence-electron chi connectivity index (χ3n) is 1.42. The van der Waals surface area contributed by atoms with Crippen LogP contribution in [0.15, 0.2) is 22.7 Å². The third kappa shape index (κ3) is 4.56. The molecule has 5 heteroatoms. The van der Waals surface area contributed by atoms with Gasteiger partial charge in [0, 0.05) is 4.47 Å². The fourth-order valence-electron chi connectivity index (χ4n) is 0.799. The van der Waals surface area contributed by atoms with Crippen molar-refractivity contribution >= 4 is 52.2 Å². The number of hydrogen-bond acceptors (Lipinski definition) is 2. The number of benzene rings is 1. The van der Waals surface area contributed by atoms with Crippen molar-refractivity contribution in [3.63, 3.8) is 0 Å². The Kier molecular flexibility index (Phi) is 9.80. The fraction of sp³-hybridized carbons (Fsp3) is 0.250. The van der Waals surface area contributed by atoms with Crippen molar-refractivity contribution in [3.05, 3.63) is 28.2 Å². The molecular formula is C8H13AlBrLiO2. The van der Waals surface area contributed by atoms with E-state index in [-0.39, 0.29) is 42.8 Å². The van der Waals surface area contributed by atoms with Crippen LogP contribution < -0.4 is 4.74 Å². The number of aliphatic hydroxyl groups excluding tert-OH is 1. The zero-order chi connectivity index (χ0) is 8.27. The van der Waals surface area contributed by atoms with Crippen LogP contribution in [0.25, 0.3) is 0 Å². The van der Waals surface area contributed by atoms with Crippen LogP contribution in [-0.2, 0) is 6.61 Å². The van der Waals surface area contributed by atoms with Crippen LogP contribution in [0.2, 0.25) is 0 Å². The second-order valence-electron chi connectivity index (χ2n) is 2.12. The van der Waals surface area contributed by atoms with E-state index in [1.54, 1.807) is 13.2 Å². The van der Waals surface area contributed by atoms with Gasteiger partial charge in [0.05, 0.1) is 13.7 Å². The molecule has 1 aromatic rings. The van der Waals surface area contributed by atoms with Crippen LogP contribution in [0.4, 0.5) is 0 Å². The molecule has 68 valence electrons. The Morgan fingerprint density at radius 3 is 2.54 bits per heavy atom. The predicted molar refractivity (Wildman–Crippen MR) is 63.7 cm³/mol. The van der Waals surface area contributed by atoms with E-state index in [1.807, 2.05) is 12.1 Å². The summed E-state index contributed by atoms with van der Waals surface area (Å²) in [6.45, 7) is 0.0256. The standard InChI is InChI=1S/C8H9BrO2.Al.Li.4H/c1-11-7-2-3-8(9)6(4-7)5-10;;;;;;/h2-4,10H,5H2,1H3;;;;;;. The molecule has 0 unspecified atom stereocenters. The number of aliphatic hydroxyl groups is 1. The number of rotatable bonds is 2. The van der Waals surface area contributed by atoms with Gasteiger partial charge in [0.2, 0.25) is 0 Å². The molecule has 1 N–H and O–H groups in total. The summed E-state index contributed by atoms with van der Waals surface area (Å²) in [6, 6.07) is 5.48. The molecule has 0 fully saturated rings. The third-order valence-corrected chi connectivity index (χ3v) is 2.20. The average molecular weight is 255 g/mol. The van der Waals surface area contributed by atoms with E-state index in [4.69, 9.17) is 9.84 Å². The maximum atomic E-state index is 8.85. The molecule has 0 aliphatic rings. The Balaban J connectivity index is 0. The van der Waals surface area contributed by atoms with Crippen LogP contribution in [0, 0.1) is 0 Å². The van der Waals surface area contributed by atoms with E-state index >= 15 is 0 Å². The molecule has 0 amide bonds. The molecule has 1 aromatic carbocycles. The molecule has 0 saturated carbocycles. The maximum absolute atomic E-state index is 8.85. The van der Waals surface area contributed by atoms with Crippen molar-refractivity contribution in [1.82, 2.24) is 0 Å². The van der Waals surface area contributed by atoms with Gasteiger partial charge >= 0.3 is 18.9 Å². The molecular weight excluding hydrogens is 242 g/mol. The van der Waals surface area contributed by atoms with E-state index in [1.165, 1.54) is 0 Å². The summed E-state index contributed by atoms with van der Waals surface area (Å²) in [5.41, 5.74) is 0.837. The fourth-order valence-corrected chi connectivity index (χ4v) is 1.17. The molecule has 0 spiro atoms. The number of hydrogen-bond donors (Lipinski definition) is 1. The second-order valence-corrected chi connectivity index (χ2v) is 2.97. The number of methoxy groups -OCH3 is 1. The summed E-state index contributed by atoms with van der Waals surface area (Å²) in [7, 11) is 1.60. The van der Waals surface area contributed by atoms with Gasteiger partial charge in [-0.1, -0.05) is 15.9 Å². The number of ether oxygens (including phenoxy) is 1. The molecule has 0 atom stereocenters. The minimum absolute atomic E-state index is 0. The Hall–Kier alpha value is 0.590. The Labute approximate surface area is 109 Å². The summed E-state index contributed by atoms with van der Waals surface area (Å²) in [5.74, 6) is 0.761. The van der Waals surface area contributed by atoms with Crippen LogP contribution in [0.1, 0.15) is 5.56 Å². The van der Waals surface area contributed by atoms with E-state index in [2.05, 4.69) is 15.9 Å². The molecule has 13 heavy (non-hydrogen) atoms.